The van der Waals surface area contributed by atoms with Crippen LogP contribution in [0.25, 0.3) is 0 Å². The third-order valence-corrected chi connectivity index (χ3v) is 4.90. The number of hydrogen-bond donors (Lipinski definition) is 1. The summed E-state index contributed by atoms with van der Waals surface area (Å²) in [5, 5.41) is 8.95. The van der Waals surface area contributed by atoms with E-state index in [1.165, 1.54) is 5.56 Å². The molecule has 3 atom stereocenters. The summed E-state index contributed by atoms with van der Waals surface area (Å²) in [4.78, 5) is 25.7. The van der Waals surface area contributed by atoms with Crippen molar-refractivity contribution >= 4 is 11.9 Å². The minimum Gasteiger partial charge on any atom is -0.481 e. The van der Waals surface area contributed by atoms with Crippen LogP contribution in [0.2, 0.25) is 0 Å². The molecule has 25 heavy (non-hydrogen) atoms. The fourth-order valence-corrected chi connectivity index (χ4v) is 3.59. The molecule has 0 aliphatic carbocycles. The van der Waals surface area contributed by atoms with Crippen LogP contribution in [0.5, 0.6) is 0 Å². The second-order valence-corrected chi connectivity index (χ2v) is 6.83. The minimum absolute atomic E-state index is 0.0453. The maximum Gasteiger partial charge on any atom is 0.306 e. The van der Waals surface area contributed by atoms with Crippen LogP contribution < -0.4 is 0 Å². The van der Waals surface area contributed by atoms with Crippen molar-refractivity contribution < 1.29 is 24.2 Å². The lowest BCUT2D eigenvalue weighted by Crippen LogP contribution is -2.49. The summed E-state index contributed by atoms with van der Waals surface area (Å²) in [6.07, 6.45) is 0.909. The van der Waals surface area contributed by atoms with Crippen LogP contribution in [0.1, 0.15) is 36.5 Å². The first-order chi connectivity index (χ1) is 12.0. The number of aryl methyl sites for hydroxylation is 1. The maximum atomic E-state index is 13.1. The number of carboxylic acid groups (broad SMARTS) is 1. The Labute approximate surface area is 147 Å². The van der Waals surface area contributed by atoms with Gasteiger partial charge in [0, 0.05) is 19.7 Å². The molecule has 0 spiro atoms. The maximum absolute atomic E-state index is 13.1. The number of carbonyl (C=O) groups is 2. The number of amides is 1. The van der Waals surface area contributed by atoms with Gasteiger partial charge in [-0.15, -0.1) is 0 Å². The fraction of sp³-hybridized carbons (Fsp3) is 0.579. The van der Waals surface area contributed by atoms with Crippen LogP contribution in [0.4, 0.5) is 0 Å². The van der Waals surface area contributed by atoms with E-state index in [2.05, 4.69) is 0 Å². The Morgan fingerprint density at radius 3 is 2.68 bits per heavy atom. The normalized spacial score (nSPS) is 27.1. The summed E-state index contributed by atoms with van der Waals surface area (Å²) >= 11 is 0. The summed E-state index contributed by atoms with van der Waals surface area (Å²) in [7, 11) is 0. The fourth-order valence-electron chi connectivity index (χ4n) is 3.59. The molecule has 1 N–H and O–H groups in total. The molecule has 0 aromatic heterocycles. The van der Waals surface area contributed by atoms with Gasteiger partial charge in [-0.25, -0.2) is 0 Å². The van der Waals surface area contributed by atoms with Crippen LogP contribution >= 0.6 is 0 Å². The van der Waals surface area contributed by atoms with Gasteiger partial charge in [0.1, 0.15) is 0 Å². The minimum atomic E-state index is -0.905. The quantitative estimate of drug-likeness (QED) is 0.903. The highest BCUT2D eigenvalue weighted by atomic mass is 16.5. The van der Waals surface area contributed by atoms with Crippen LogP contribution in [0, 0.1) is 12.8 Å². The molecule has 1 aromatic carbocycles. The highest BCUT2D eigenvalue weighted by molar-refractivity contribution is 5.80. The van der Waals surface area contributed by atoms with Gasteiger partial charge in [-0.3, -0.25) is 9.59 Å². The lowest BCUT2D eigenvalue weighted by molar-refractivity contribution is -0.156. The van der Waals surface area contributed by atoms with E-state index in [0.29, 0.717) is 26.3 Å². The predicted octanol–water partition coefficient (Wildman–Crippen LogP) is 2.16. The third kappa shape index (κ3) is 4.38. The van der Waals surface area contributed by atoms with Crippen LogP contribution in [0.3, 0.4) is 0 Å². The molecule has 136 valence electrons. The van der Waals surface area contributed by atoms with E-state index < -0.39 is 12.1 Å². The van der Waals surface area contributed by atoms with Gasteiger partial charge < -0.3 is 19.5 Å². The van der Waals surface area contributed by atoms with Crippen molar-refractivity contribution in [2.75, 3.05) is 26.3 Å². The van der Waals surface area contributed by atoms with Crippen molar-refractivity contribution in [3.63, 3.8) is 0 Å². The molecule has 2 heterocycles. The molecular formula is C19H25NO5. The highest BCUT2D eigenvalue weighted by Crippen LogP contribution is 2.35. The molecule has 6 heteroatoms. The third-order valence-electron chi connectivity index (χ3n) is 4.90. The largest absolute Gasteiger partial charge is 0.481 e. The van der Waals surface area contributed by atoms with Gasteiger partial charge in [0.15, 0.2) is 0 Å². The molecule has 2 fully saturated rings. The molecule has 1 aromatic rings. The number of rotatable bonds is 4. The van der Waals surface area contributed by atoms with Gasteiger partial charge in [0.05, 0.1) is 31.2 Å². The summed E-state index contributed by atoms with van der Waals surface area (Å²) in [5.74, 6) is -1.08. The molecule has 0 radical (unpaired) electrons. The van der Waals surface area contributed by atoms with Gasteiger partial charge >= 0.3 is 5.97 Å². The van der Waals surface area contributed by atoms with Gasteiger partial charge in [-0.05, 0) is 25.3 Å². The van der Waals surface area contributed by atoms with Gasteiger partial charge in [0.2, 0.25) is 5.91 Å². The van der Waals surface area contributed by atoms with Crippen LogP contribution in [0.15, 0.2) is 24.3 Å². The number of benzene rings is 1. The van der Waals surface area contributed by atoms with Crippen LogP contribution in [-0.4, -0.2) is 54.3 Å². The molecule has 0 bridgehead atoms. The van der Waals surface area contributed by atoms with Crippen molar-refractivity contribution in [1.82, 2.24) is 4.90 Å². The number of ether oxygens (including phenoxy) is 2. The van der Waals surface area contributed by atoms with Crippen molar-refractivity contribution in [2.45, 2.75) is 38.4 Å². The molecule has 1 amide bonds. The second-order valence-electron chi connectivity index (χ2n) is 6.83. The van der Waals surface area contributed by atoms with E-state index in [4.69, 9.17) is 14.6 Å². The smallest absolute Gasteiger partial charge is 0.306 e. The lowest BCUT2D eigenvalue weighted by Gasteiger charge is -2.38. The molecule has 0 saturated carbocycles. The molecule has 3 rings (SSSR count). The summed E-state index contributed by atoms with van der Waals surface area (Å²) < 4.78 is 11.4. The molecular weight excluding hydrogens is 322 g/mol. The molecule has 0 unspecified atom stereocenters. The second kappa shape index (κ2) is 7.97. The zero-order chi connectivity index (χ0) is 17.8. The summed E-state index contributed by atoms with van der Waals surface area (Å²) in [6.45, 7) is 3.92. The van der Waals surface area contributed by atoms with E-state index in [1.807, 2.05) is 31.2 Å². The summed E-state index contributed by atoms with van der Waals surface area (Å²) in [5.41, 5.74) is 2.20. The molecule has 2 aliphatic heterocycles. The lowest BCUT2D eigenvalue weighted by atomic mass is 9.87. The zero-order valence-electron chi connectivity index (χ0n) is 14.5. The first kappa shape index (κ1) is 17.9. The van der Waals surface area contributed by atoms with E-state index in [9.17, 15) is 9.59 Å². The number of morpholine rings is 1. The average molecular weight is 347 g/mol. The van der Waals surface area contributed by atoms with Crippen molar-refractivity contribution in [3.05, 3.63) is 35.4 Å². The number of nitrogens with zero attached hydrogens (tertiary/aromatic N) is 1. The Morgan fingerprint density at radius 1 is 1.20 bits per heavy atom. The molecule has 2 aliphatic rings. The number of aliphatic carboxylic acids is 1. The Balaban J connectivity index is 1.72. The van der Waals surface area contributed by atoms with E-state index in [1.54, 1.807) is 4.90 Å². The number of carboxylic acids is 1. The van der Waals surface area contributed by atoms with E-state index >= 15 is 0 Å². The number of hydrogen-bond acceptors (Lipinski definition) is 4. The summed E-state index contributed by atoms with van der Waals surface area (Å²) in [6, 6.07) is 8.12. The van der Waals surface area contributed by atoms with E-state index in [-0.39, 0.29) is 24.3 Å². The SMILES string of the molecule is Cc1ccc([C@@H]2OCCC[C@@H]2C(=O)N2CCO[C@H](CC(=O)O)C2)cc1. The first-order valence-corrected chi connectivity index (χ1v) is 8.85. The van der Waals surface area contributed by atoms with Gasteiger partial charge in [-0.2, -0.15) is 0 Å². The Bertz CT molecular complexity index is 615. The van der Waals surface area contributed by atoms with Gasteiger partial charge in [-0.1, -0.05) is 29.8 Å². The predicted molar refractivity (Wildman–Crippen MR) is 91.2 cm³/mol. The van der Waals surface area contributed by atoms with Crippen LogP contribution in [-0.2, 0) is 19.1 Å². The Kier molecular flexibility index (Phi) is 5.71. The van der Waals surface area contributed by atoms with E-state index in [0.717, 1.165) is 18.4 Å². The Hall–Kier alpha value is -1.92. The monoisotopic (exact) mass is 347 g/mol. The van der Waals surface area contributed by atoms with Gasteiger partial charge in [0.25, 0.3) is 0 Å². The average Bonchev–Trinajstić information content (AvgIpc) is 2.61. The topological polar surface area (TPSA) is 76.1 Å². The highest BCUT2D eigenvalue weighted by Gasteiger charge is 2.37. The number of carbonyl (C=O) groups excluding carboxylic acids is 1. The standard InChI is InChI=1S/C19H25NO5/c1-13-4-6-14(7-5-13)18-16(3-2-9-25-18)19(23)20-8-10-24-15(12-20)11-17(21)22/h4-7,15-16,18H,2-3,8-12H2,1H3,(H,21,22)/t15-,16+,18+/m1/s1. The zero-order valence-corrected chi connectivity index (χ0v) is 14.5. The Morgan fingerprint density at radius 2 is 1.96 bits per heavy atom. The first-order valence-electron chi connectivity index (χ1n) is 8.85. The molecule has 6 nitrogen and oxygen atoms in total. The van der Waals surface area contributed by atoms with Crippen molar-refractivity contribution in [3.8, 4) is 0 Å². The van der Waals surface area contributed by atoms with Crippen molar-refractivity contribution in [1.29, 1.82) is 0 Å². The van der Waals surface area contributed by atoms with Crippen molar-refractivity contribution in [2.24, 2.45) is 5.92 Å². The molecule has 2 saturated heterocycles.